The third-order valence-electron chi connectivity index (χ3n) is 2.81. The van der Waals surface area contributed by atoms with E-state index < -0.39 is 0 Å². The van der Waals surface area contributed by atoms with Gasteiger partial charge in [-0.05, 0) is 31.2 Å². The fraction of sp³-hybridized carbons (Fsp3) is 0.286. The van der Waals surface area contributed by atoms with Gasteiger partial charge in [-0.2, -0.15) is 5.10 Å². The van der Waals surface area contributed by atoms with Crippen LogP contribution >= 0.6 is 23.4 Å². The second-order valence-electron chi connectivity index (χ2n) is 4.37. The molecule has 1 aromatic heterocycles. The van der Waals surface area contributed by atoms with Crippen molar-refractivity contribution in [2.24, 2.45) is 0 Å². The molecule has 2 rings (SSSR count). The zero-order valence-electron chi connectivity index (χ0n) is 11.1. The molecule has 106 valence electrons. The Morgan fingerprint density at radius 2 is 2.20 bits per heavy atom. The number of benzene rings is 1. The van der Waals surface area contributed by atoms with E-state index in [0.717, 1.165) is 21.2 Å². The number of aromatic nitrogens is 2. The highest BCUT2D eigenvalue weighted by Crippen LogP contribution is 2.21. The quantitative estimate of drug-likeness (QED) is 0.804. The maximum atomic E-state index is 11.8. The molecule has 4 nitrogen and oxygen atoms in total. The predicted molar refractivity (Wildman–Crippen MR) is 81.9 cm³/mol. The van der Waals surface area contributed by atoms with Gasteiger partial charge in [-0.3, -0.25) is 9.89 Å². The second kappa shape index (κ2) is 7.36. The molecule has 0 bridgehead atoms. The van der Waals surface area contributed by atoms with Gasteiger partial charge in [-0.15, -0.1) is 11.8 Å². The van der Waals surface area contributed by atoms with Crippen LogP contribution in [0.15, 0.2) is 41.6 Å². The van der Waals surface area contributed by atoms with Crippen LogP contribution in [0.25, 0.3) is 0 Å². The van der Waals surface area contributed by atoms with Crippen LogP contribution in [0, 0.1) is 0 Å². The smallest absolute Gasteiger partial charge is 0.221 e. The first-order chi connectivity index (χ1) is 9.65. The summed E-state index contributed by atoms with van der Waals surface area (Å²) in [7, 11) is 0. The number of hydrogen-bond donors (Lipinski definition) is 2. The van der Waals surface area contributed by atoms with Gasteiger partial charge in [0.25, 0.3) is 0 Å². The highest BCUT2D eigenvalue weighted by molar-refractivity contribution is 7.99. The number of thioether (sulfide) groups is 1. The number of hydrogen-bond acceptors (Lipinski definition) is 3. The van der Waals surface area contributed by atoms with Crippen molar-refractivity contribution in [2.45, 2.75) is 24.3 Å². The molecule has 1 heterocycles. The van der Waals surface area contributed by atoms with Gasteiger partial charge in [0.05, 0.1) is 12.2 Å². The van der Waals surface area contributed by atoms with Crippen LogP contribution in [0.2, 0.25) is 5.02 Å². The van der Waals surface area contributed by atoms with Gasteiger partial charge in [0, 0.05) is 33.9 Å². The summed E-state index contributed by atoms with van der Waals surface area (Å²) < 4.78 is 0. The van der Waals surface area contributed by atoms with E-state index in [4.69, 9.17) is 11.6 Å². The monoisotopic (exact) mass is 309 g/mol. The minimum atomic E-state index is -0.0261. The Morgan fingerprint density at radius 1 is 1.45 bits per heavy atom. The lowest BCUT2D eigenvalue weighted by Gasteiger charge is -2.11. The first-order valence-corrected chi connectivity index (χ1v) is 7.68. The molecular weight excluding hydrogens is 294 g/mol. The molecule has 0 saturated heterocycles. The zero-order valence-corrected chi connectivity index (χ0v) is 12.7. The lowest BCUT2D eigenvalue weighted by atomic mass is 10.2. The van der Waals surface area contributed by atoms with E-state index in [1.54, 1.807) is 24.2 Å². The number of nitrogens with zero attached hydrogens (tertiary/aromatic N) is 1. The van der Waals surface area contributed by atoms with E-state index in [0.29, 0.717) is 6.42 Å². The summed E-state index contributed by atoms with van der Waals surface area (Å²) >= 11 is 7.47. The lowest BCUT2D eigenvalue weighted by molar-refractivity contribution is -0.121. The third kappa shape index (κ3) is 4.58. The fourth-order valence-electron chi connectivity index (χ4n) is 1.69. The molecular formula is C14H16ClN3OS. The molecule has 6 heteroatoms. The van der Waals surface area contributed by atoms with Crippen LogP contribution < -0.4 is 5.32 Å². The summed E-state index contributed by atoms with van der Waals surface area (Å²) in [6.45, 7) is 1.94. The highest BCUT2D eigenvalue weighted by Gasteiger charge is 2.10. The average Bonchev–Trinajstić information content (AvgIpc) is 2.95. The molecule has 0 radical (unpaired) electrons. The van der Waals surface area contributed by atoms with E-state index in [9.17, 15) is 4.79 Å². The number of halogens is 1. The number of aromatic amines is 1. The van der Waals surface area contributed by atoms with Crippen molar-refractivity contribution in [3.63, 3.8) is 0 Å². The molecule has 20 heavy (non-hydrogen) atoms. The van der Waals surface area contributed by atoms with Crippen LogP contribution in [0.5, 0.6) is 0 Å². The number of rotatable bonds is 6. The Balaban J connectivity index is 1.71. The molecule has 2 aromatic rings. The Morgan fingerprint density at radius 3 is 2.85 bits per heavy atom. The molecule has 0 spiro atoms. The Bertz CT molecular complexity index is 542. The molecule has 1 unspecified atom stereocenters. The Hall–Kier alpha value is -1.46. The van der Waals surface area contributed by atoms with Gasteiger partial charge in [0.2, 0.25) is 5.91 Å². The number of nitrogens with one attached hydrogen (secondary N) is 2. The van der Waals surface area contributed by atoms with Crippen molar-refractivity contribution in [2.75, 3.05) is 5.75 Å². The third-order valence-corrected chi connectivity index (χ3v) is 4.07. The molecule has 2 N–H and O–H groups in total. The topological polar surface area (TPSA) is 57.8 Å². The number of carbonyl (C=O) groups is 1. The summed E-state index contributed by atoms with van der Waals surface area (Å²) in [5.74, 6) is 0.783. The van der Waals surface area contributed by atoms with Gasteiger partial charge in [0.1, 0.15) is 0 Å². The van der Waals surface area contributed by atoms with Crippen LogP contribution in [0.1, 0.15) is 24.9 Å². The van der Waals surface area contributed by atoms with Gasteiger partial charge in [-0.1, -0.05) is 11.6 Å². The minimum absolute atomic E-state index is 0.0261. The summed E-state index contributed by atoms with van der Waals surface area (Å²) in [6.07, 6.45) is 3.98. The summed E-state index contributed by atoms with van der Waals surface area (Å²) in [4.78, 5) is 12.9. The van der Waals surface area contributed by atoms with Crippen LogP contribution in [0.4, 0.5) is 0 Å². The van der Waals surface area contributed by atoms with Crippen molar-refractivity contribution in [1.82, 2.24) is 15.5 Å². The van der Waals surface area contributed by atoms with E-state index in [1.807, 2.05) is 31.2 Å². The van der Waals surface area contributed by atoms with Gasteiger partial charge in [0.15, 0.2) is 0 Å². The van der Waals surface area contributed by atoms with Crippen molar-refractivity contribution in [3.8, 4) is 0 Å². The predicted octanol–water partition coefficient (Wildman–Crippen LogP) is 3.42. The molecule has 1 amide bonds. The van der Waals surface area contributed by atoms with Gasteiger partial charge < -0.3 is 5.32 Å². The second-order valence-corrected chi connectivity index (χ2v) is 5.98. The number of carbonyl (C=O) groups excluding carboxylic acids is 1. The molecule has 0 aliphatic carbocycles. The molecule has 0 aliphatic rings. The number of H-pyrrole nitrogens is 1. The van der Waals surface area contributed by atoms with E-state index in [-0.39, 0.29) is 11.9 Å². The van der Waals surface area contributed by atoms with Crippen LogP contribution in [-0.4, -0.2) is 21.9 Å². The maximum absolute atomic E-state index is 11.8. The first-order valence-electron chi connectivity index (χ1n) is 6.31. The Labute approximate surface area is 127 Å². The van der Waals surface area contributed by atoms with Gasteiger partial charge in [-0.25, -0.2) is 0 Å². The van der Waals surface area contributed by atoms with E-state index in [2.05, 4.69) is 15.5 Å². The maximum Gasteiger partial charge on any atom is 0.221 e. The normalized spacial score (nSPS) is 12.1. The van der Waals surface area contributed by atoms with E-state index in [1.165, 1.54) is 0 Å². The fourth-order valence-corrected chi connectivity index (χ4v) is 2.66. The van der Waals surface area contributed by atoms with Crippen molar-refractivity contribution >= 4 is 29.3 Å². The van der Waals surface area contributed by atoms with Crippen LogP contribution in [-0.2, 0) is 4.79 Å². The molecule has 1 aromatic carbocycles. The summed E-state index contributed by atoms with van der Waals surface area (Å²) in [5, 5.41) is 10.3. The minimum Gasteiger partial charge on any atom is -0.349 e. The summed E-state index contributed by atoms with van der Waals surface area (Å²) in [5.41, 5.74) is 0.976. The highest BCUT2D eigenvalue weighted by atomic mass is 35.5. The molecule has 0 fully saturated rings. The van der Waals surface area contributed by atoms with Crippen molar-refractivity contribution < 1.29 is 4.79 Å². The molecule has 0 aliphatic heterocycles. The SMILES string of the molecule is CC(NC(=O)CCSc1ccc(Cl)cc1)c1cn[nH]c1. The van der Waals surface area contributed by atoms with Crippen LogP contribution in [0.3, 0.4) is 0 Å². The largest absolute Gasteiger partial charge is 0.349 e. The first kappa shape index (κ1) is 14.9. The Kier molecular flexibility index (Phi) is 5.49. The number of amides is 1. The zero-order chi connectivity index (χ0) is 14.4. The standard InChI is InChI=1S/C14H16ClN3OS/c1-10(11-8-16-17-9-11)18-14(19)6-7-20-13-4-2-12(15)3-5-13/h2-5,8-10H,6-7H2,1H3,(H,16,17)(H,18,19). The molecule has 1 atom stereocenters. The average molecular weight is 310 g/mol. The van der Waals surface area contributed by atoms with Gasteiger partial charge >= 0.3 is 0 Å². The van der Waals surface area contributed by atoms with Crippen molar-refractivity contribution in [3.05, 3.63) is 47.2 Å². The lowest BCUT2D eigenvalue weighted by Crippen LogP contribution is -2.26. The van der Waals surface area contributed by atoms with E-state index >= 15 is 0 Å². The van der Waals surface area contributed by atoms with Crippen molar-refractivity contribution in [1.29, 1.82) is 0 Å². The molecule has 0 saturated carbocycles. The summed E-state index contributed by atoms with van der Waals surface area (Å²) in [6, 6.07) is 7.59.